The largest absolute Gasteiger partial charge is 0.395 e. The standard InChI is InChI=1S/C8H14O3/c1-8(5-9)4-2-3-6(10)7(8)11/h6,9-10H,2-5H2,1H3. The Morgan fingerprint density at radius 1 is 1.73 bits per heavy atom. The lowest BCUT2D eigenvalue weighted by atomic mass is 9.74. The van der Waals surface area contributed by atoms with Crippen molar-refractivity contribution < 1.29 is 15.0 Å². The van der Waals surface area contributed by atoms with Crippen LogP contribution in [0, 0.1) is 5.41 Å². The fourth-order valence-corrected chi connectivity index (χ4v) is 1.50. The van der Waals surface area contributed by atoms with Gasteiger partial charge in [-0.2, -0.15) is 0 Å². The van der Waals surface area contributed by atoms with E-state index in [-0.39, 0.29) is 12.4 Å². The van der Waals surface area contributed by atoms with Crippen LogP contribution in [0.5, 0.6) is 0 Å². The Morgan fingerprint density at radius 3 is 2.82 bits per heavy atom. The Kier molecular flexibility index (Phi) is 2.30. The Hall–Kier alpha value is -0.410. The van der Waals surface area contributed by atoms with Gasteiger partial charge in [-0.15, -0.1) is 0 Å². The van der Waals surface area contributed by atoms with Crippen molar-refractivity contribution in [3.63, 3.8) is 0 Å². The van der Waals surface area contributed by atoms with Crippen molar-refractivity contribution in [1.82, 2.24) is 0 Å². The number of rotatable bonds is 1. The maximum Gasteiger partial charge on any atom is 0.169 e. The van der Waals surface area contributed by atoms with Crippen LogP contribution in [0.3, 0.4) is 0 Å². The number of carbonyl (C=O) groups is 1. The quantitative estimate of drug-likeness (QED) is 0.569. The molecule has 1 saturated carbocycles. The smallest absolute Gasteiger partial charge is 0.169 e. The summed E-state index contributed by atoms with van der Waals surface area (Å²) in [5, 5.41) is 18.1. The molecule has 0 aliphatic heterocycles. The highest BCUT2D eigenvalue weighted by molar-refractivity contribution is 5.89. The first kappa shape index (κ1) is 8.68. The summed E-state index contributed by atoms with van der Waals surface area (Å²) in [6, 6.07) is 0. The molecule has 0 heterocycles. The maximum atomic E-state index is 11.3. The molecule has 0 radical (unpaired) electrons. The van der Waals surface area contributed by atoms with Gasteiger partial charge in [0.15, 0.2) is 5.78 Å². The van der Waals surface area contributed by atoms with Crippen molar-refractivity contribution in [3.05, 3.63) is 0 Å². The van der Waals surface area contributed by atoms with E-state index in [9.17, 15) is 9.90 Å². The third kappa shape index (κ3) is 1.44. The fraction of sp³-hybridized carbons (Fsp3) is 0.875. The predicted molar refractivity (Wildman–Crippen MR) is 40.1 cm³/mol. The van der Waals surface area contributed by atoms with E-state index in [1.807, 2.05) is 0 Å². The summed E-state index contributed by atoms with van der Waals surface area (Å²) in [5.41, 5.74) is -0.683. The van der Waals surface area contributed by atoms with Gasteiger partial charge in [-0.05, 0) is 19.3 Å². The van der Waals surface area contributed by atoms with Gasteiger partial charge in [-0.25, -0.2) is 0 Å². The average molecular weight is 158 g/mol. The molecular weight excluding hydrogens is 144 g/mol. The minimum Gasteiger partial charge on any atom is -0.395 e. The van der Waals surface area contributed by atoms with E-state index in [0.717, 1.165) is 6.42 Å². The molecule has 64 valence electrons. The molecule has 1 rings (SSSR count). The lowest BCUT2D eigenvalue weighted by molar-refractivity contribution is -0.143. The summed E-state index contributed by atoms with van der Waals surface area (Å²) in [6.45, 7) is 1.56. The molecular formula is C8H14O3. The third-order valence-electron chi connectivity index (χ3n) is 2.45. The first-order valence-electron chi connectivity index (χ1n) is 3.93. The van der Waals surface area contributed by atoms with Crippen molar-refractivity contribution in [2.75, 3.05) is 6.61 Å². The van der Waals surface area contributed by atoms with Gasteiger partial charge in [0.05, 0.1) is 12.0 Å². The van der Waals surface area contributed by atoms with Gasteiger partial charge in [0.25, 0.3) is 0 Å². The Morgan fingerprint density at radius 2 is 2.36 bits per heavy atom. The van der Waals surface area contributed by atoms with Crippen LogP contribution in [0.2, 0.25) is 0 Å². The first-order chi connectivity index (χ1) is 5.10. The predicted octanol–water partition coefficient (Wildman–Crippen LogP) is 0.0989. The lowest BCUT2D eigenvalue weighted by Crippen LogP contribution is -2.43. The second-order valence-corrected chi connectivity index (χ2v) is 3.49. The number of hydrogen-bond donors (Lipinski definition) is 2. The molecule has 1 aliphatic carbocycles. The molecule has 0 aromatic rings. The minimum atomic E-state index is -0.846. The van der Waals surface area contributed by atoms with E-state index in [4.69, 9.17) is 5.11 Å². The second-order valence-electron chi connectivity index (χ2n) is 3.49. The van der Waals surface area contributed by atoms with Crippen molar-refractivity contribution in [2.45, 2.75) is 32.3 Å². The molecule has 2 atom stereocenters. The van der Waals surface area contributed by atoms with Crippen molar-refractivity contribution >= 4 is 5.78 Å². The van der Waals surface area contributed by atoms with E-state index < -0.39 is 11.5 Å². The van der Waals surface area contributed by atoms with Crippen LogP contribution < -0.4 is 0 Å². The molecule has 3 heteroatoms. The number of aliphatic hydroxyl groups is 2. The van der Waals surface area contributed by atoms with Crippen molar-refractivity contribution in [3.8, 4) is 0 Å². The molecule has 1 fully saturated rings. The molecule has 0 bridgehead atoms. The molecule has 2 N–H and O–H groups in total. The van der Waals surface area contributed by atoms with Crippen LogP contribution in [0.1, 0.15) is 26.2 Å². The lowest BCUT2D eigenvalue weighted by Gasteiger charge is -2.32. The maximum absolute atomic E-state index is 11.3. The monoisotopic (exact) mass is 158 g/mol. The Bertz CT molecular complexity index is 167. The van der Waals surface area contributed by atoms with Gasteiger partial charge in [0.1, 0.15) is 6.10 Å². The first-order valence-corrected chi connectivity index (χ1v) is 3.93. The SMILES string of the molecule is CC1(CO)CCCC(O)C1=O. The molecule has 0 amide bonds. The zero-order chi connectivity index (χ0) is 8.48. The zero-order valence-corrected chi connectivity index (χ0v) is 6.71. The summed E-state index contributed by atoms with van der Waals surface area (Å²) in [7, 11) is 0. The van der Waals surface area contributed by atoms with E-state index in [2.05, 4.69) is 0 Å². The highest BCUT2D eigenvalue weighted by atomic mass is 16.3. The average Bonchev–Trinajstić information content (AvgIpc) is 2.00. The van der Waals surface area contributed by atoms with E-state index in [1.54, 1.807) is 6.92 Å². The van der Waals surface area contributed by atoms with E-state index >= 15 is 0 Å². The van der Waals surface area contributed by atoms with Crippen LogP contribution in [0.25, 0.3) is 0 Å². The van der Waals surface area contributed by atoms with Gasteiger partial charge >= 0.3 is 0 Å². The number of carbonyl (C=O) groups excluding carboxylic acids is 1. The van der Waals surface area contributed by atoms with Gasteiger partial charge in [-0.1, -0.05) is 6.92 Å². The fourth-order valence-electron chi connectivity index (χ4n) is 1.50. The van der Waals surface area contributed by atoms with Gasteiger partial charge < -0.3 is 10.2 Å². The number of aliphatic hydroxyl groups excluding tert-OH is 2. The number of hydrogen-bond acceptors (Lipinski definition) is 3. The van der Waals surface area contributed by atoms with Gasteiger partial charge in [-0.3, -0.25) is 4.79 Å². The summed E-state index contributed by atoms with van der Waals surface area (Å²) in [4.78, 5) is 11.3. The molecule has 2 unspecified atom stereocenters. The second kappa shape index (κ2) is 2.91. The molecule has 0 spiro atoms. The van der Waals surface area contributed by atoms with Crippen molar-refractivity contribution in [1.29, 1.82) is 0 Å². The topological polar surface area (TPSA) is 57.5 Å². The minimum absolute atomic E-state index is 0.150. The van der Waals surface area contributed by atoms with Gasteiger partial charge in [0.2, 0.25) is 0 Å². The van der Waals surface area contributed by atoms with E-state index in [1.165, 1.54) is 0 Å². The van der Waals surface area contributed by atoms with Crippen LogP contribution in [-0.2, 0) is 4.79 Å². The summed E-state index contributed by atoms with van der Waals surface area (Å²) in [5.74, 6) is -0.203. The summed E-state index contributed by atoms with van der Waals surface area (Å²) >= 11 is 0. The Labute approximate surface area is 66.0 Å². The molecule has 1 aliphatic rings. The van der Waals surface area contributed by atoms with Crippen molar-refractivity contribution in [2.24, 2.45) is 5.41 Å². The molecule has 0 aromatic carbocycles. The molecule has 0 aromatic heterocycles. The van der Waals surface area contributed by atoms with Gasteiger partial charge in [0, 0.05) is 0 Å². The van der Waals surface area contributed by atoms with Crippen LogP contribution in [0.15, 0.2) is 0 Å². The van der Waals surface area contributed by atoms with E-state index in [0.29, 0.717) is 12.8 Å². The zero-order valence-electron chi connectivity index (χ0n) is 6.71. The van der Waals surface area contributed by atoms with Crippen LogP contribution in [-0.4, -0.2) is 28.7 Å². The molecule has 0 saturated heterocycles. The molecule has 3 nitrogen and oxygen atoms in total. The normalized spacial score (nSPS) is 39.2. The Balaban J connectivity index is 2.72. The summed E-state index contributed by atoms with van der Waals surface area (Å²) < 4.78 is 0. The summed E-state index contributed by atoms with van der Waals surface area (Å²) in [6.07, 6.45) is 1.22. The number of Topliss-reactive ketones (excluding diaryl/α,β-unsaturated/α-hetero) is 1. The highest BCUT2D eigenvalue weighted by Crippen LogP contribution is 2.32. The van der Waals surface area contributed by atoms with Crippen LogP contribution in [0.4, 0.5) is 0 Å². The molecule has 11 heavy (non-hydrogen) atoms. The van der Waals surface area contributed by atoms with Crippen LogP contribution >= 0.6 is 0 Å². The highest BCUT2D eigenvalue weighted by Gasteiger charge is 2.39. The third-order valence-corrected chi connectivity index (χ3v) is 2.45. The number of ketones is 1.